The molecule has 2 aromatic carbocycles. The van der Waals surface area contributed by atoms with Crippen LogP contribution in [0.1, 0.15) is 22.7 Å². The molecule has 1 atom stereocenters. The summed E-state index contributed by atoms with van der Waals surface area (Å²) in [5.41, 5.74) is 3.43. The fourth-order valence-corrected chi connectivity index (χ4v) is 3.36. The van der Waals surface area contributed by atoms with Crippen molar-refractivity contribution < 1.29 is 0 Å². The zero-order valence-electron chi connectivity index (χ0n) is 10.7. The van der Waals surface area contributed by atoms with E-state index in [1.54, 1.807) is 0 Å². The van der Waals surface area contributed by atoms with Gasteiger partial charge < -0.3 is 5.32 Å². The second-order valence-corrected chi connectivity index (χ2v) is 6.48. The number of hydrogen-bond donors (Lipinski definition) is 1. The summed E-state index contributed by atoms with van der Waals surface area (Å²) in [6.45, 7) is 2.07. The maximum absolute atomic E-state index is 6.30. The van der Waals surface area contributed by atoms with Crippen molar-refractivity contribution in [2.24, 2.45) is 0 Å². The van der Waals surface area contributed by atoms with Crippen LogP contribution >= 0.6 is 43.5 Å². The van der Waals surface area contributed by atoms with Gasteiger partial charge in [-0.1, -0.05) is 61.7 Å². The normalized spacial score (nSPS) is 12.5. The molecule has 0 heterocycles. The lowest BCUT2D eigenvalue weighted by atomic mass is 9.98. The van der Waals surface area contributed by atoms with Gasteiger partial charge in [-0.05, 0) is 48.9 Å². The quantitative estimate of drug-likeness (QED) is 0.715. The van der Waals surface area contributed by atoms with E-state index in [4.69, 9.17) is 11.6 Å². The molecule has 1 N–H and O–H groups in total. The summed E-state index contributed by atoms with van der Waals surface area (Å²) in [4.78, 5) is 0. The van der Waals surface area contributed by atoms with Gasteiger partial charge in [0.1, 0.15) is 0 Å². The molecule has 4 heteroatoms. The van der Waals surface area contributed by atoms with Gasteiger partial charge in [-0.25, -0.2) is 0 Å². The van der Waals surface area contributed by atoms with E-state index in [0.717, 1.165) is 25.1 Å². The maximum atomic E-state index is 6.30. The molecular weight excluding hydrogens is 389 g/mol. The van der Waals surface area contributed by atoms with Gasteiger partial charge in [-0.15, -0.1) is 0 Å². The van der Waals surface area contributed by atoms with E-state index in [9.17, 15) is 0 Å². The van der Waals surface area contributed by atoms with Gasteiger partial charge in [-0.2, -0.15) is 0 Å². The first-order valence-electron chi connectivity index (χ1n) is 5.92. The molecular formula is C15H14Br2ClN. The van der Waals surface area contributed by atoms with Gasteiger partial charge in [0.25, 0.3) is 0 Å². The van der Waals surface area contributed by atoms with Crippen LogP contribution in [0, 0.1) is 6.92 Å². The van der Waals surface area contributed by atoms with E-state index in [1.807, 2.05) is 31.3 Å². The lowest BCUT2D eigenvalue weighted by Gasteiger charge is -2.21. The summed E-state index contributed by atoms with van der Waals surface area (Å²) >= 11 is 13.5. The number of benzene rings is 2. The monoisotopic (exact) mass is 401 g/mol. The molecule has 0 aliphatic carbocycles. The molecule has 2 aromatic rings. The topological polar surface area (TPSA) is 12.0 Å². The molecule has 0 saturated carbocycles. The molecule has 0 aromatic heterocycles. The molecule has 2 rings (SSSR count). The Balaban J connectivity index is 2.55. The van der Waals surface area contributed by atoms with Crippen LogP contribution in [0.4, 0.5) is 0 Å². The summed E-state index contributed by atoms with van der Waals surface area (Å²) in [6.07, 6.45) is 0. The Morgan fingerprint density at radius 3 is 2.37 bits per heavy atom. The van der Waals surface area contributed by atoms with Crippen LogP contribution in [-0.2, 0) is 0 Å². The third-order valence-electron chi connectivity index (χ3n) is 3.09. The van der Waals surface area contributed by atoms with Gasteiger partial charge >= 0.3 is 0 Å². The van der Waals surface area contributed by atoms with Gasteiger partial charge in [0.05, 0.1) is 6.04 Å². The molecule has 0 bridgehead atoms. The van der Waals surface area contributed by atoms with Crippen molar-refractivity contribution in [3.8, 4) is 0 Å². The van der Waals surface area contributed by atoms with Crippen molar-refractivity contribution in [2.45, 2.75) is 13.0 Å². The Hall–Kier alpha value is -0.350. The zero-order valence-corrected chi connectivity index (χ0v) is 14.6. The summed E-state index contributed by atoms with van der Waals surface area (Å²) in [6, 6.07) is 12.2. The average Bonchev–Trinajstić information content (AvgIpc) is 2.38. The molecule has 100 valence electrons. The first-order chi connectivity index (χ1) is 9.04. The predicted octanol–water partition coefficient (Wildman–Crippen LogP) is 5.48. The lowest BCUT2D eigenvalue weighted by molar-refractivity contribution is 0.688. The van der Waals surface area contributed by atoms with Crippen LogP contribution < -0.4 is 5.32 Å². The van der Waals surface area contributed by atoms with E-state index < -0.39 is 0 Å². The third-order valence-corrected chi connectivity index (χ3v) is 4.98. The molecule has 0 saturated heterocycles. The molecule has 0 radical (unpaired) electrons. The third kappa shape index (κ3) is 3.22. The number of nitrogens with one attached hydrogen (secondary N) is 1. The molecule has 19 heavy (non-hydrogen) atoms. The second kappa shape index (κ2) is 6.40. The molecule has 0 aliphatic rings. The van der Waals surface area contributed by atoms with E-state index in [2.05, 4.69) is 56.2 Å². The predicted molar refractivity (Wildman–Crippen MR) is 88.9 cm³/mol. The first-order valence-corrected chi connectivity index (χ1v) is 7.88. The summed E-state index contributed by atoms with van der Waals surface area (Å²) in [5, 5.41) is 4.10. The number of halogens is 3. The number of hydrogen-bond acceptors (Lipinski definition) is 1. The standard InChI is InChI=1S/C15H14Br2ClN/c1-9-7-13(17)11(8-12(9)16)15(19-2)10-5-3-4-6-14(10)18/h3-8,15,19H,1-2H3. The van der Waals surface area contributed by atoms with E-state index in [1.165, 1.54) is 5.56 Å². The Kier molecular flexibility index (Phi) is 5.07. The second-order valence-electron chi connectivity index (χ2n) is 4.37. The Morgan fingerprint density at radius 2 is 1.74 bits per heavy atom. The van der Waals surface area contributed by atoms with Gasteiger partial charge in [0.2, 0.25) is 0 Å². The van der Waals surface area contributed by atoms with Crippen molar-refractivity contribution in [3.05, 3.63) is 67.1 Å². The first kappa shape index (κ1) is 15.0. The summed E-state index contributed by atoms with van der Waals surface area (Å²) in [7, 11) is 1.94. The number of aryl methyl sites for hydroxylation is 1. The lowest BCUT2D eigenvalue weighted by Crippen LogP contribution is -2.18. The van der Waals surface area contributed by atoms with Gasteiger partial charge in [-0.3, -0.25) is 0 Å². The molecule has 0 fully saturated rings. The largest absolute Gasteiger partial charge is 0.309 e. The molecule has 1 unspecified atom stereocenters. The van der Waals surface area contributed by atoms with Gasteiger partial charge in [0, 0.05) is 14.0 Å². The Bertz CT molecular complexity index is 599. The summed E-state index contributed by atoms with van der Waals surface area (Å²) in [5.74, 6) is 0. The van der Waals surface area contributed by atoms with Gasteiger partial charge in [0.15, 0.2) is 0 Å². The van der Waals surface area contributed by atoms with Crippen molar-refractivity contribution in [3.63, 3.8) is 0 Å². The highest BCUT2D eigenvalue weighted by Gasteiger charge is 2.18. The molecule has 1 nitrogen and oxygen atoms in total. The Labute approximate surface area is 135 Å². The number of rotatable bonds is 3. The van der Waals surface area contributed by atoms with Crippen molar-refractivity contribution in [2.75, 3.05) is 7.05 Å². The zero-order chi connectivity index (χ0) is 14.0. The van der Waals surface area contributed by atoms with Crippen LogP contribution in [0.15, 0.2) is 45.3 Å². The highest BCUT2D eigenvalue weighted by molar-refractivity contribution is 9.11. The minimum absolute atomic E-state index is 0.0555. The van der Waals surface area contributed by atoms with Crippen molar-refractivity contribution in [1.82, 2.24) is 5.32 Å². The van der Waals surface area contributed by atoms with E-state index in [-0.39, 0.29) is 6.04 Å². The molecule has 0 aliphatic heterocycles. The molecule has 0 spiro atoms. The average molecular weight is 404 g/mol. The van der Waals surface area contributed by atoms with Crippen molar-refractivity contribution in [1.29, 1.82) is 0 Å². The fourth-order valence-electron chi connectivity index (χ4n) is 2.07. The van der Waals surface area contributed by atoms with Crippen LogP contribution in [0.5, 0.6) is 0 Å². The van der Waals surface area contributed by atoms with Crippen LogP contribution in [0.3, 0.4) is 0 Å². The summed E-state index contributed by atoms with van der Waals surface area (Å²) < 4.78 is 2.17. The van der Waals surface area contributed by atoms with Crippen molar-refractivity contribution >= 4 is 43.5 Å². The highest BCUT2D eigenvalue weighted by Crippen LogP contribution is 2.35. The Morgan fingerprint density at radius 1 is 1.05 bits per heavy atom. The van der Waals surface area contributed by atoms with Crippen LogP contribution in [-0.4, -0.2) is 7.05 Å². The maximum Gasteiger partial charge on any atom is 0.0600 e. The fraction of sp³-hybridized carbons (Fsp3) is 0.200. The SMILES string of the molecule is CNC(c1ccccc1Cl)c1cc(Br)c(C)cc1Br. The smallest absolute Gasteiger partial charge is 0.0600 e. The van der Waals surface area contributed by atoms with Crippen LogP contribution in [0.2, 0.25) is 5.02 Å². The highest BCUT2D eigenvalue weighted by atomic mass is 79.9. The minimum atomic E-state index is 0.0555. The molecule has 0 amide bonds. The van der Waals surface area contributed by atoms with Crippen LogP contribution in [0.25, 0.3) is 0 Å². The van der Waals surface area contributed by atoms with E-state index >= 15 is 0 Å². The minimum Gasteiger partial charge on any atom is -0.309 e. The van der Waals surface area contributed by atoms with E-state index in [0.29, 0.717) is 0 Å².